The molecule has 1 fully saturated rings. The van der Waals surface area contributed by atoms with E-state index in [9.17, 15) is 27.1 Å². The van der Waals surface area contributed by atoms with Crippen LogP contribution in [0, 0.1) is 5.92 Å². The highest BCUT2D eigenvalue weighted by atomic mass is 32.3. The van der Waals surface area contributed by atoms with E-state index >= 15 is 0 Å². The Morgan fingerprint density at radius 1 is 1.33 bits per heavy atom. The number of hydrogen-bond acceptors (Lipinski definition) is 4. The second-order valence-electron chi connectivity index (χ2n) is 4.93. The average molecular weight is 324 g/mol. The SMILES string of the molecule is COC(=O)C1CC(S(O)(O)c2cccc(C(F)(F)F)c2)C1. The Labute approximate surface area is 121 Å². The minimum Gasteiger partial charge on any atom is -0.469 e. The van der Waals surface area contributed by atoms with E-state index in [2.05, 4.69) is 4.74 Å². The van der Waals surface area contributed by atoms with Gasteiger partial charge in [-0.3, -0.25) is 13.9 Å². The van der Waals surface area contributed by atoms with Crippen molar-refractivity contribution in [3.8, 4) is 0 Å². The molecule has 1 saturated carbocycles. The number of carbonyl (C=O) groups is 1. The zero-order valence-electron chi connectivity index (χ0n) is 11.1. The van der Waals surface area contributed by atoms with Gasteiger partial charge in [-0.25, -0.2) is 0 Å². The topological polar surface area (TPSA) is 66.8 Å². The molecule has 1 aliphatic rings. The fourth-order valence-corrected chi connectivity index (χ4v) is 4.21. The number of methoxy groups -OCH3 is 1. The van der Waals surface area contributed by atoms with E-state index in [-0.39, 0.29) is 17.7 Å². The normalized spacial score (nSPS) is 23.3. The molecule has 0 unspecified atom stereocenters. The van der Waals surface area contributed by atoms with Crippen LogP contribution < -0.4 is 0 Å². The summed E-state index contributed by atoms with van der Waals surface area (Å²) in [6, 6.07) is 4.02. The van der Waals surface area contributed by atoms with Crippen molar-refractivity contribution >= 4 is 16.6 Å². The van der Waals surface area contributed by atoms with Gasteiger partial charge in [0.2, 0.25) is 0 Å². The Bertz CT molecular complexity index is 538. The molecule has 2 rings (SSSR count). The minimum atomic E-state index is -4.54. The molecule has 21 heavy (non-hydrogen) atoms. The maximum atomic E-state index is 12.7. The highest BCUT2D eigenvalue weighted by Gasteiger charge is 2.44. The molecule has 0 saturated heterocycles. The van der Waals surface area contributed by atoms with Gasteiger partial charge in [0, 0.05) is 0 Å². The minimum absolute atomic E-state index is 0.148. The Kier molecular flexibility index (Phi) is 4.23. The molecule has 0 heterocycles. The van der Waals surface area contributed by atoms with Crippen molar-refractivity contribution in [2.24, 2.45) is 5.92 Å². The number of benzene rings is 1. The molecule has 1 aromatic rings. The van der Waals surface area contributed by atoms with Crippen LogP contribution in [0.4, 0.5) is 13.2 Å². The van der Waals surface area contributed by atoms with E-state index in [1.54, 1.807) is 0 Å². The summed E-state index contributed by atoms with van der Waals surface area (Å²) < 4.78 is 62.9. The number of esters is 1. The number of halogens is 3. The first-order chi connectivity index (χ1) is 9.66. The number of alkyl halides is 3. The highest BCUT2D eigenvalue weighted by molar-refractivity contribution is 8.24. The van der Waals surface area contributed by atoms with Crippen LogP contribution in [0.5, 0.6) is 0 Å². The molecule has 118 valence electrons. The van der Waals surface area contributed by atoms with Crippen LogP contribution in [0.25, 0.3) is 0 Å². The van der Waals surface area contributed by atoms with Gasteiger partial charge in [-0.15, -0.1) is 0 Å². The molecule has 0 amide bonds. The van der Waals surface area contributed by atoms with Crippen molar-refractivity contribution in [2.45, 2.75) is 29.2 Å². The number of hydrogen-bond donors (Lipinski definition) is 2. The maximum absolute atomic E-state index is 12.7. The smallest absolute Gasteiger partial charge is 0.416 e. The van der Waals surface area contributed by atoms with Gasteiger partial charge in [-0.1, -0.05) is 6.07 Å². The lowest BCUT2D eigenvalue weighted by Gasteiger charge is -2.47. The van der Waals surface area contributed by atoms with Crippen LogP contribution in [0.1, 0.15) is 18.4 Å². The Balaban J connectivity index is 2.16. The zero-order chi connectivity index (χ0) is 15.8. The van der Waals surface area contributed by atoms with Crippen LogP contribution in [-0.2, 0) is 15.7 Å². The van der Waals surface area contributed by atoms with Gasteiger partial charge in [0.05, 0.1) is 28.7 Å². The average Bonchev–Trinajstić information content (AvgIpc) is 2.35. The summed E-state index contributed by atoms with van der Waals surface area (Å²) in [5, 5.41) is -0.620. The highest BCUT2D eigenvalue weighted by Crippen LogP contribution is 2.60. The lowest BCUT2D eigenvalue weighted by molar-refractivity contribution is -0.148. The summed E-state index contributed by atoms with van der Waals surface area (Å²) in [4.78, 5) is 11.1. The Morgan fingerprint density at radius 2 is 1.95 bits per heavy atom. The van der Waals surface area contributed by atoms with Gasteiger partial charge < -0.3 is 4.74 Å². The van der Waals surface area contributed by atoms with Crippen molar-refractivity contribution in [3.63, 3.8) is 0 Å². The van der Waals surface area contributed by atoms with Gasteiger partial charge in [0.1, 0.15) is 0 Å². The van der Waals surface area contributed by atoms with Gasteiger partial charge in [-0.2, -0.15) is 23.8 Å². The predicted molar refractivity (Wildman–Crippen MR) is 71.1 cm³/mol. The molecule has 0 aromatic heterocycles. The van der Waals surface area contributed by atoms with E-state index in [0.29, 0.717) is 0 Å². The van der Waals surface area contributed by atoms with E-state index < -0.39 is 39.5 Å². The van der Waals surface area contributed by atoms with Gasteiger partial charge in [0.15, 0.2) is 0 Å². The standard InChI is InChI=1S/C13H15F3O4S/c1-20-12(17)8-5-11(6-8)21(18,19)10-4-2-3-9(7-10)13(14,15)16/h2-4,7-8,11,18-19H,5-6H2,1H3. The fourth-order valence-electron chi connectivity index (χ4n) is 2.24. The van der Waals surface area contributed by atoms with Crippen LogP contribution in [-0.4, -0.2) is 27.4 Å². The quantitative estimate of drug-likeness (QED) is 0.831. The third-order valence-electron chi connectivity index (χ3n) is 3.60. The summed E-state index contributed by atoms with van der Waals surface area (Å²) in [6.07, 6.45) is -4.14. The first-order valence-corrected chi connectivity index (χ1v) is 7.79. The van der Waals surface area contributed by atoms with E-state index in [4.69, 9.17) is 0 Å². The molecular formula is C13H15F3O4S. The molecule has 2 N–H and O–H groups in total. The molecule has 0 atom stereocenters. The lowest BCUT2D eigenvalue weighted by atomic mass is 9.85. The molecule has 1 aliphatic carbocycles. The molecule has 0 aliphatic heterocycles. The van der Waals surface area contributed by atoms with Crippen molar-refractivity contribution in [1.29, 1.82) is 0 Å². The Hall–Kier alpha value is -1.25. The van der Waals surface area contributed by atoms with Crippen LogP contribution in [0.2, 0.25) is 0 Å². The summed E-state index contributed by atoms with van der Waals surface area (Å²) in [7, 11) is -2.13. The van der Waals surface area contributed by atoms with Crippen LogP contribution >= 0.6 is 10.6 Å². The number of rotatable bonds is 3. The van der Waals surface area contributed by atoms with E-state index in [1.807, 2.05) is 0 Å². The fraction of sp³-hybridized carbons (Fsp3) is 0.462. The first-order valence-electron chi connectivity index (χ1n) is 6.18. The third kappa shape index (κ3) is 3.17. The van der Waals surface area contributed by atoms with Gasteiger partial charge in [-0.05, 0) is 31.0 Å². The largest absolute Gasteiger partial charge is 0.469 e. The van der Waals surface area contributed by atoms with Crippen LogP contribution in [0.3, 0.4) is 0 Å². The maximum Gasteiger partial charge on any atom is 0.416 e. The molecule has 8 heteroatoms. The molecular weight excluding hydrogens is 309 g/mol. The summed E-state index contributed by atoms with van der Waals surface area (Å²) >= 11 is 0. The van der Waals surface area contributed by atoms with Crippen molar-refractivity contribution in [1.82, 2.24) is 0 Å². The second kappa shape index (κ2) is 5.51. The number of ether oxygens (including phenoxy) is 1. The Morgan fingerprint density at radius 3 is 2.48 bits per heavy atom. The van der Waals surface area contributed by atoms with E-state index in [0.717, 1.165) is 18.2 Å². The first kappa shape index (κ1) is 16.1. The lowest BCUT2D eigenvalue weighted by Crippen LogP contribution is -2.38. The van der Waals surface area contributed by atoms with Gasteiger partial charge in [0.25, 0.3) is 0 Å². The molecule has 0 bridgehead atoms. The molecule has 0 spiro atoms. The second-order valence-corrected chi connectivity index (χ2v) is 7.26. The molecule has 1 aromatic carbocycles. The van der Waals surface area contributed by atoms with Crippen molar-refractivity contribution in [3.05, 3.63) is 29.8 Å². The number of carbonyl (C=O) groups excluding carboxylic acids is 1. The van der Waals surface area contributed by atoms with Crippen molar-refractivity contribution in [2.75, 3.05) is 7.11 Å². The molecule has 0 radical (unpaired) electrons. The summed E-state index contributed by atoms with van der Waals surface area (Å²) in [5.41, 5.74) is -0.927. The summed E-state index contributed by atoms with van der Waals surface area (Å²) in [6.45, 7) is 0. The van der Waals surface area contributed by atoms with E-state index in [1.165, 1.54) is 13.2 Å². The van der Waals surface area contributed by atoms with Crippen molar-refractivity contribution < 1.29 is 31.8 Å². The third-order valence-corrected chi connectivity index (χ3v) is 5.86. The summed E-state index contributed by atoms with van der Waals surface area (Å²) in [5.74, 6) is -0.859. The zero-order valence-corrected chi connectivity index (χ0v) is 11.9. The van der Waals surface area contributed by atoms with Crippen LogP contribution in [0.15, 0.2) is 29.2 Å². The predicted octanol–water partition coefficient (Wildman–Crippen LogP) is 3.77. The van der Waals surface area contributed by atoms with Gasteiger partial charge >= 0.3 is 12.1 Å². The molecule has 4 nitrogen and oxygen atoms in total. The monoisotopic (exact) mass is 324 g/mol.